The minimum Gasteiger partial charge on any atom is -0.384 e. The van der Waals surface area contributed by atoms with Gasteiger partial charge in [0.1, 0.15) is 5.82 Å². The van der Waals surface area contributed by atoms with Crippen molar-refractivity contribution in [1.82, 2.24) is 10.4 Å². The molecule has 0 spiro atoms. The predicted octanol–water partition coefficient (Wildman–Crippen LogP) is 2.02. The van der Waals surface area contributed by atoms with E-state index in [1.165, 1.54) is 32.1 Å². The van der Waals surface area contributed by atoms with E-state index < -0.39 is 0 Å². The smallest absolute Gasteiger partial charge is 0.123 e. The molecule has 1 heterocycles. The zero-order valence-corrected chi connectivity index (χ0v) is 12.9. The van der Waals surface area contributed by atoms with Crippen LogP contribution >= 0.6 is 0 Å². The zero-order valence-electron chi connectivity index (χ0n) is 12.9. The second kappa shape index (κ2) is 8.32. The number of nitrogens with two attached hydrogens (primary N) is 2. The number of aromatic nitrogens is 1. The van der Waals surface area contributed by atoms with Crippen molar-refractivity contribution in [1.29, 1.82) is 0 Å². The van der Waals surface area contributed by atoms with Crippen molar-refractivity contribution in [3.05, 3.63) is 23.9 Å². The molecule has 1 aromatic heterocycles. The van der Waals surface area contributed by atoms with Crippen molar-refractivity contribution < 1.29 is 4.74 Å². The van der Waals surface area contributed by atoms with Crippen LogP contribution in [0.3, 0.4) is 0 Å². The molecule has 5 N–H and O–H groups in total. The quantitative estimate of drug-likeness (QED) is 0.529. The molecular formula is C16H28N4O. The van der Waals surface area contributed by atoms with Gasteiger partial charge in [0, 0.05) is 12.8 Å². The van der Waals surface area contributed by atoms with Crippen molar-refractivity contribution in [2.45, 2.75) is 57.6 Å². The fraction of sp³-hybridized carbons (Fsp3) is 0.688. The molecule has 118 valence electrons. The van der Waals surface area contributed by atoms with Gasteiger partial charge in [-0.2, -0.15) is 0 Å². The number of ether oxygens (including phenoxy) is 1. The van der Waals surface area contributed by atoms with Crippen LogP contribution in [0.25, 0.3) is 0 Å². The summed E-state index contributed by atoms with van der Waals surface area (Å²) < 4.78 is 6.05. The first-order valence-electron chi connectivity index (χ1n) is 8.02. The molecule has 1 aliphatic carbocycles. The average molecular weight is 292 g/mol. The molecule has 2 rings (SSSR count). The molecule has 1 aromatic rings. The number of anilines is 1. The Labute approximate surface area is 127 Å². The third kappa shape index (κ3) is 4.66. The molecule has 1 saturated carbocycles. The summed E-state index contributed by atoms with van der Waals surface area (Å²) in [4.78, 5) is 4.04. The Bertz CT molecular complexity index is 420. The molecule has 5 nitrogen and oxygen atoms in total. The van der Waals surface area contributed by atoms with E-state index in [4.69, 9.17) is 16.3 Å². The minimum atomic E-state index is 0.106. The Morgan fingerprint density at radius 3 is 2.76 bits per heavy atom. The predicted molar refractivity (Wildman–Crippen MR) is 85.5 cm³/mol. The fourth-order valence-corrected chi connectivity index (χ4v) is 3.38. The van der Waals surface area contributed by atoms with E-state index in [1.54, 1.807) is 6.20 Å². The van der Waals surface area contributed by atoms with Crippen LogP contribution in [0.5, 0.6) is 0 Å². The third-order valence-corrected chi connectivity index (χ3v) is 4.39. The molecule has 1 aliphatic rings. The minimum absolute atomic E-state index is 0.106. The number of hydrazine groups is 1. The number of pyridine rings is 1. The van der Waals surface area contributed by atoms with Gasteiger partial charge in [0.25, 0.3) is 0 Å². The van der Waals surface area contributed by atoms with E-state index in [9.17, 15) is 0 Å². The molecule has 2 unspecified atom stereocenters. The van der Waals surface area contributed by atoms with E-state index in [0.29, 0.717) is 11.7 Å². The second-order valence-corrected chi connectivity index (χ2v) is 5.88. The number of nitrogen functional groups attached to an aromatic ring is 1. The van der Waals surface area contributed by atoms with E-state index >= 15 is 0 Å². The average Bonchev–Trinajstić information content (AvgIpc) is 2.51. The highest BCUT2D eigenvalue weighted by atomic mass is 16.5. The van der Waals surface area contributed by atoms with Gasteiger partial charge in [-0.1, -0.05) is 19.3 Å². The summed E-state index contributed by atoms with van der Waals surface area (Å²) in [5, 5.41) is 0. The van der Waals surface area contributed by atoms with Crippen LogP contribution in [0.15, 0.2) is 18.3 Å². The molecule has 5 heteroatoms. The Morgan fingerprint density at radius 2 is 2.14 bits per heavy atom. The number of nitrogens with zero attached hydrogens (tertiary/aromatic N) is 1. The van der Waals surface area contributed by atoms with Crippen LogP contribution in [0.2, 0.25) is 0 Å². The summed E-state index contributed by atoms with van der Waals surface area (Å²) in [5.74, 6) is 6.97. The Kier molecular flexibility index (Phi) is 6.42. The van der Waals surface area contributed by atoms with Crippen LogP contribution in [0.4, 0.5) is 5.82 Å². The van der Waals surface area contributed by atoms with E-state index in [2.05, 4.69) is 10.4 Å². The van der Waals surface area contributed by atoms with Gasteiger partial charge in [-0.05, 0) is 49.8 Å². The van der Waals surface area contributed by atoms with Gasteiger partial charge in [-0.3, -0.25) is 11.3 Å². The summed E-state index contributed by atoms with van der Waals surface area (Å²) in [6.45, 7) is 2.77. The van der Waals surface area contributed by atoms with Crippen LogP contribution in [0, 0.1) is 5.92 Å². The molecule has 21 heavy (non-hydrogen) atoms. The van der Waals surface area contributed by atoms with Gasteiger partial charge in [0.05, 0.1) is 12.1 Å². The lowest BCUT2D eigenvalue weighted by molar-refractivity contribution is -0.0175. The lowest BCUT2D eigenvalue weighted by Gasteiger charge is -2.35. The first-order chi connectivity index (χ1) is 10.2. The van der Waals surface area contributed by atoms with Crippen LogP contribution in [-0.2, 0) is 11.2 Å². The summed E-state index contributed by atoms with van der Waals surface area (Å²) >= 11 is 0. The van der Waals surface area contributed by atoms with Crippen LogP contribution < -0.4 is 17.0 Å². The fourth-order valence-electron chi connectivity index (χ4n) is 3.38. The lowest BCUT2D eigenvalue weighted by Crippen LogP contribution is -2.50. The van der Waals surface area contributed by atoms with Crippen LogP contribution in [0.1, 0.15) is 44.6 Å². The van der Waals surface area contributed by atoms with Gasteiger partial charge in [0.2, 0.25) is 0 Å². The van der Waals surface area contributed by atoms with E-state index in [-0.39, 0.29) is 12.1 Å². The molecular weight excluding hydrogens is 264 g/mol. The van der Waals surface area contributed by atoms with Gasteiger partial charge in [-0.15, -0.1) is 0 Å². The monoisotopic (exact) mass is 292 g/mol. The molecule has 0 radical (unpaired) electrons. The number of hydrogen-bond acceptors (Lipinski definition) is 5. The highest BCUT2D eigenvalue weighted by Crippen LogP contribution is 2.30. The normalized spacial score (nSPS) is 19.3. The summed E-state index contributed by atoms with van der Waals surface area (Å²) in [7, 11) is 0. The van der Waals surface area contributed by atoms with Crippen molar-refractivity contribution >= 4 is 5.82 Å². The summed E-state index contributed by atoms with van der Waals surface area (Å²) in [6.07, 6.45) is 9.13. The second-order valence-electron chi connectivity index (χ2n) is 5.88. The maximum absolute atomic E-state index is 6.05. The largest absolute Gasteiger partial charge is 0.384 e. The number of rotatable bonds is 7. The molecule has 0 bridgehead atoms. The van der Waals surface area contributed by atoms with Crippen molar-refractivity contribution in [3.8, 4) is 0 Å². The first-order valence-corrected chi connectivity index (χ1v) is 8.02. The van der Waals surface area contributed by atoms with Gasteiger partial charge in [-0.25, -0.2) is 4.98 Å². The van der Waals surface area contributed by atoms with Crippen molar-refractivity contribution in [2.24, 2.45) is 11.8 Å². The molecule has 0 amide bonds. The SMILES string of the molecule is CCOC(C1CCCCC1)C(Cc1ccnc(N)c1)NN. The molecule has 0 aliphatic heterocycles. The Hall–Kier alpha value is -1.17. The van der Waals surface area contributed by atoms with Crippen molar-refractivity contribution in [3.63, 3.8) is 0 Å². The van der Waals surface area contributed by atoms with Gasteiger partial charge < -0.3 is 10.5 Å². The van der Waals surface area contributed by atoms with E-state index in [0.717, 1.165) is 18.6 Å². The zero-order chi connectivity index (χ0) is 15.1. The Morgan fingerprint density at radius 1 is 1.38 bits per heavy atom. The lowest BCUT2D eigenvalue weighted by atomic mass is 9.81. The number of nitrogens with one attached hydrogen (secondary N) is 1. The third-order valence-electron chi connectivity index (χ3n) is 4.39. The highest BCUT2D eigenvalue weighted by Gasteiger charge is 2.30. The van der Waals surface area contributed by atoms with E-state index in [1.807, 2.05) is 19.1 Å². The van der Waals surface area contributed by atoms with Gasteiger partial charge in [0.15, 0.2) is 0 Å². The Balaban J connectivity index is 2.07. The molecule has 1 fully saturated rings. The van der Waals surface area contributed by atoms with Crippen molar-refractivity contribution in [2.75, 3.05) is 12.3 Å². The topological polar surface area (TPSA) is 86.2 Å². The van der Waals surface area contributed by atoms with Crippen LogP contribution in [-0.4, -0.2) is 23.7 Å². The maximum atomic E-state index is 6.05. The first kappa shape index (κ1) is 16.2. The van der Waals surface area contributed by atoms with Gasteiger partial charge >= 0.3 is 0 Å². The molecule has 2 atom stereocenters. The standard InChI is InChI=1S/C16H28N4O/c1-2-21-16(13-6-4-3-5-7-13)14(20-18)10-12-8-9-19-15(17)11-12/h8-9,11,13-14,16,20H,2-7,10,18H2,1H3,(H2,17,19). The molecule has 0 aromatic carbocycles. The maximum Gasteiger partial charge on any atom is 0.123 e. The molecule has 0 saturated heterocycles. The number of hydrogen-bond donors (Lipinski definition) is 3. The summed E-state index contributed by atoms with van der Waals surface area (Å²) in [6, 6.07) is 4.01. The summed E-state index contributed by atoms with van der Waals surface area (Å²) in [5.41, 5.74) is 9.87. The highest BCUT2D eigenvalue weighted by molar-refractivity contribution is 5.32.